The molecule has 1 aliphatic rings. The van der Waals surface area contributed by atoms with Crippen molar-refractivity contribution in [1.29, 1.82) is 0 Å². The van der Waals surface area contributed by atoms with Crippen LogP contribution in [0, 0.1) is 5.92 Å². The van der Waals surface area contributed by atoms with E-state index < -0.39 is 29.7 Å². The highest BCUT2D eigenvalue weighted by atomic mass is 35.5. The monoisotopic (exact) mass is 447 g/mol. The van der Waals surface area contributed by atoms with Crippen LogP contribution in [-0.4, -0.2) is 29.1 Å². The van der Waals surface area contributed by atoms with Gasteiger partial charge in [0.2, 0.25) is 0 Å². The van der Waals surface area contributed by atoms with Crippen LogP contribution in [0.1, 0.15) is 35.6 Å². The first-order valence-corrected chi connectivity index (χ1v) is 10.4. The number of carboxylic acid groups (broad SMARTS) is 1. The third-order valence-electron chi connectivity index (χ3n) is 5.97. The van der Waals surface area contributed by atoms with Gasteiger partial charge in [0.05, 0.1) is 22.5 Å². The molecule has 3 nitrogen and oxygen atoms in total. The molecule has 0 saturated carbocycles. The summed E-state index contributed by atoms with van der Waals surface area (Å²) in [5.41, 5.74) is 0.515. The molecule has 0 spiro atoms. The largest absolute Gasteiger partial charge is 0.481 e. The molecular weight excluding hydrogens is 427 g/mol. The molecule has 31 heavy (non-hydrogen) atoms. The molecule has 1 atom stereocenters. The van der Waals surface area contributed by atoms with Crippen molar-refractivity contribution in [3.05, 3.63) is 82.4 Å². The minimum atomic E-state index is -4.56. The average molecular weight is 448 g/mol. The lowest BCUT2D eigenvalue weighted by Gasteiger charge is -2.37. The molecule has 1 unspecified atom stereocenters. The van der Waals surface area contributed by atoms with E-state index in [1.807, 2.05) is 42.5 Å². The van der Waals surface area contributed by atoms with E-state index in [-0.39, 0.29) is 5.02 Å². The summed E-state index contributed by atoms with van der Waals surface area (Å²) in [5, 5.41) is 11.0. The fraction of sp³-hybridized carbons (Fsp3) is 0.292. The molecule has 0 amide bonds. The standard InChI is InChI=1S/C24H21ClF3NO2/c25-21-9-8-17(14-20(21)24(26,27)28)22(29-12-10-16(11-13-29)23(30)31)19-7-3-5-15-4-1-2-6-18(15)19/h1-9,14,16,22H,10-13H2,(H,30,31). The zero-order chi connectivity index (χ0) is 22.2. The summed E-state index contributed by atoms with van der Waals surface area (Å²) in [6, 6.07) is 17.2. The average Bonchev–Trinajstić information content (AvgIpc) is 2.75. The van der Waals surface area contributed by atoms with E-state index in [2.05, 4.69) is 4.90 Å². The van der Waals surface area contributed by atoms with Gasteiger partial charge in [0.1, 0.15) is 0 Å². The molecule has 0 aliphatic carbocycles. The number of rotatable bonds is 4. The van der Waals surface area contributed by atoms with Crippen molar-refractivity contribution in [2.75, 3.05) is 13.1 Å². The Balaban J connectivity index is 1.84. The number of fused-ring (bicyclic) bond motifs is 1. The van der Waals surface area contributed by atoms with Crippen LogP contribution in [0.5, 0.6) is 0 Å². The number of carbonyl (C=O) groups is 1. The molecule has 3 aromatic rings. The Morgan fingerprint density at radius 2 is 1.71 bits per heavy atom. The summed E-state index contributed by atoms with van der Waals surface area (Å²) >= 11 is 5.87. The summed E-state index contributed by atoms with van der Waals surface area (Å²) in [4.78, 5) is 13.5. The van der Waals surface area contributed by atoms with E-state index in [1.165, 1.54) is 6.07 Å². The number of hydrogen-bond donors (Lipinski definition) is 1. The zero-order valence-electron chi connectivity index (χ0n) is 16.6. The van der Waals surface area contributed by atoms with Gasteiger partial charge in [-0.3, -0.25) is 9.69 Å². The van der Waals surface area contributed by atoms with Gasteiger partial charge in [-0.2, -0.15) is 13.2 Å². The molecule has 162 valence electrons. The number of piperidine rings is 1. The van der Waals surface area contributed by atoms with Gasteiger partial charge in [-0.15, -0.1) is 0 Å². The molecule has 1 saturated heterocycles. The smallest absolute Gasteiger partial charge is 0.417 e. The first kappa shape index (κ1) is 21.7. The molecular formula is C24H21ClF3NO2. The summed E-state index contributed by atoms with van der Waals surface area (Å²) in [6.07, 6.45) is -3.65. The number of hydrogen-bond acceptors (Lipinski definition) is 2. The fourth-order valence-electron chi connectivity index (χ4n) is 4.41. The van der Waals surface area contributed by atoms with Gasteiger partial charge >= 0.3 is 12.1 Å². The summed E-state index contributed by atoms with van der Waals surface area (Å²) in [6.45, 7) is 0.962. The van der Waals surface area contributed by atoms with Gasteiger partial charge in [0, 0.05) is 0 Å². The van der Waals surface area contributed by atoms with Gasteiger partial charge in [-0.25, -0.2) is 0 Å². The maximum Gasteiger partial charge on any atom is 0.417 e. The Morgan fingerprint density at radius 1 is 1.03 bits per heavy atom. The Morgan fingerprint density at radius 3 is 2.39 bits per heavy atom. The van der Waals surface area contributed by atoms with Crippen molar-refractivity contribution in [3.63, 3.8) is 0 Å². The lowest BCUT2D eigenvalue weighted by atomic mass is 9.88. The molecule has 0 bridgehead atoms. The van der Waals surface area contributed by atoms with Crippen LogP contribution in [0.2, 0.25) is 5.02 Å². The second-order valence-electron chi connectivity index (χ2n) is 7.86. The molecule has 0 radical (unpaired) electrons. The van der Waals surface area contributed by atoms with Crippen LogP contribution < -0.4 is 0 Å². The van der Waals surface area contributed by atoms with Crippen LogP contribution >= 0.6 is 11.6 Å². The van der Waals surface area contributed by atoms with Gasteiger partial charge in [-0.05, 0) is 60.0 Å². The number of alkyl halides is 3. The number of aliphatic carboxylic acids is 1. The summed E-state index contributed by atoms with van der Waals surface area (Å²) in [7, 11) is 0. The van der Waals surface area contributed by atoms with Gasteiger partial charge in [0.15, 0.2) is 0 Å². The molecule has 1 aliphatic heterocycles. The van der Waals surface area contributed by atoms with Gasteiger partial charge in [0.25, 0.3) is 0 Å². The van der Waals surface area contributed by atoms with Crippen molar-refractivity contribution < 1.29 is 23.1 Å². The van der Waals surface area contributed by atoms with Crippen LogP contribution in [0.15, 0.2) is 60.7 Å². The third-order valence-corrected chi connectivity index (χ3v) is 6.30. The van der Waals surface area contributed by atoms with Crippen LogP contribution in [-0.2, 0) is 11.0 Å². The molecule has 1 N–H and O–H groups in total. The molecule has 1 fully saturated rings. The quantitative estimate of drug-likeness (QED) is 0.503. The van der Waals surface area contributed by atoms with Crippen molar-refractivity contribution in [2.24, 2.45) is 5.92 Å². The van der Waals surface area contributed by atoms with E-state index in [0.717, 1.165) is 22.4 Å². The first-order valence-electron chi connectivity index (χ1n) is 10.1. The van der Waals surface area contributed by atoms with Crippen molar-refractivity contribution in [3.8, 4) is 0 Å². The lowest BCUT2D eigenvalue weighted by Crippen LogP contribution is -2.39. The lowest BCUT2D eigenvalue weighted by molar-refractivity contribution is -0.143. The third kappa shape index (κ3) is 4.41. The number of carboxylic acids is 1. The highest BCUT2D eigenvalue weighted by Gasteiger charge is 2.36. The van der Waals surface area contributed by atoms with Crippen molar-refractivity contribution in [2.45, 2.75) is 25.1 Å². The van der Waals surface area contributed by atoms with Crippen LogP contribution in [0.4, 0.5) is 13.2 Å². The topological polar surface area (TPSA) is 40.5 Å². The molecule has 3 aromatic carbocycles. The highest BCUT2D eigenvalue weighted by Crippen LogP contribution is 2.40. The summed E-state index contributed by atoms with van der Waals surface area (Å²) < 4.78 is 40.7. The second-order valence-corrected chi connectivity index (χ2v) is 8.26. The zero-order valence-corrected chi connectivity index (χ0v) is 17.3. The van der Waals surface area contributed by atoms with Gasteiger partial charge in [-0.1, -0.05) is 60.1 Å². The van der Waals surface area contributed by atoms with Crippen LogP contribution in [0.25, 0.3) is 10.8 Å². The molecule has 4 rings (SSSR count). The maximum absolute atomic E-state index is 13.6. The highest BCUT2D eigenvalue weighted by molar-refractivity contribution is 6.31. The van der Waals surface area contributed by atoms with Crippen LogP contribution in [0.3, 0.4) is 0 Å². The van der Waals surface area contributed by atoms with E-state index in [1.54, 1.807) is 6.07 Å². The van der Waals surface area contributed by atoms with Gasteiger partial charge < -0.3 is 5.11 Å². The number of likely N-dealkylation sites (tertiary alicyclic amines) is 1. The molecule has 0 aromatic heterocycles. The van der Waals surface area contributed by atoms with Crippen molar-refractivity contribution >= 4 is 28.3 Å². The molecule has 1 heterocycles. The normalized spacial score (nSPS) is 17.0. The summed E-state index contributed by atoms with van der Waals surface area (Å²) in [5.74, 6) is -1.26. The van der Waals surface area contributed by atoms with E-state index in [0.29, 0.717) is 31.5 Å². The predicted molar refractivity (Wildman–Crippen MR) is 114 cm³/mol. The number of halogens is 4. The minimum Gasteiger partial charge on any atom is -0.481 e. The first-order chi connectivity index (χ1) is 14.8. The SMILES string of the molecule is O=C(O)C1CCN(C(c2ccc(Cl)c(C(F)(F)F)c2)c2cccc3ccccc23)CC1. The maximum atomic E-state index is 13.6. The Hall–Kier alpha value is -2.57. The second kappa shape index (κ2) is 8.52. The Kier molecular flexibility index (Phi) is 5.95. The molecule has 7 heteroatoms. The Bertz CT molecular complexity index is 1100. The fourth-order valence-corrected chi connectivity index (χ4v) is 4.64. The number of nitrogens with zero attached hydrogens (tertiary/aromatic N) is 1. The van der Waals surface area contributed by atoms with Crippen molar-refractivity contribution in [1.82, 2.24) is 4.90 Å². The van der Waals surface area contributed by atoms with E-state index in [4.69, 9.17) is 11.6 Å². The number of benzene rings is 3. The Labute approximate surface area is 183 Å². The minimum absolute atomic E-state index is 0.336. The van der Waals surface area contributed by atoms with E-state index in [9.17, 15) is 23.1 Å². The van der Waals surface area contributed by atoms with E-state index >= 15 is 0 Å². The predicted octanol–water partition coefficient (Wildman–Crippen LogP) is 6.40.